The van der Waals surface area contributed by atoms with E-state index in [2.05, 4.69) is 5.32 Å². The van der Waals surface area contributed by atoms with Crippen molar-refractivity contribution in [1.82, 2.24) is 4.57 Å². The van der Waals surface area contributed by atoms with Crippen LogP contribution in [0.4, 0.5) is 5.69 Å². The molecule has 0 atom stereocenters. The number of ketones is 1. The first-order valence-corrected chi connectivity index (χ1v) is 9.52. The number of fused-ring (bicyclic) bond motifs is 1. The molecule has 0 fully saturated rings. The second-order valence-corrected chi connectivity index (χ2v) is 7.21. The molecule has 4 aromatic rings. The minimum atomic E-state index is -0.475. The zero-order valence-corrected chi connectivity index (χ0v) is 16.6. The molecule has 3 aromatic carbocycles. The van der Waals surface area contributed by atoms with Crippen LogP contribution in [0.2, 0.25) is 0 Å². The Labute approximate surface area is 172 Å². The normalized spacial score (nSPS) is 10.9. The molecule has 6 heteroatoms. The van der Waals surface area contributed by atoms with Crippen molar-refractivity contribution >= 4 is 28.5 Å². The maximum Gasteiger partial charge on any atom is 0.420 e. The number of aryl methyl sites for hydroxylation is 1. The summed E-state index contributed by atoms with van der Waals surface area (Å²) in [4.78, 5) is 36.6. The lowest BCUT2D eigenvalue weighted by atomic mass is 10.1. The lowest BCUT2D eigenvalue weighted by molar-refractivity contribution is 0.101. The summed E-state index contributed by atoms with van der Waals surface area (Å²) in [7, 11) is 0. The molecule has 0 unspecified atom stereocenters. The van der Waals surface area contributed by atoms with Crippen LogP contribution in [0.1, 0.15) is 38.8 Å². The maximum absolute atomic E-state index is 12.7. The molecule has 0 aliphatic carbocycles. The first-order valence-electron chi connectivity index (χ1n) is 9.52. The number of benzene rings is 3. The van der Waals surface area contributed by atoms with E-state index in [0.717, 1.165) is 11.1 Å². The predicted octanol–water partition coefficient (Wildman–Crippen LogP) is 4.41. The number of nitrogens with zero attached hydrogens (tertiary/aromatic N) is 1. The molecule has 0 bridgehead atoms. The number of anilines is 1. The highest BCUT2D eigenvalue weighted by Gasteiger charge is 2.14. The topological polar surface area (TPSA) is 81.3 Å². The Morgan fingerprint density at radius 3 is 2.47 bits per heavy atom. The van der Waals surface area contributed by atoms with E-state index in [9.17, 15) is 14.4 Å². The van der Waals surface area contributed by atoms with Crippen molar-refractivity contribution in [2.45, 2.75) is 20.4 Å². The van der Waals surface area contributed by atoms with E-state index in [4.69, 9.17) is 4.42 Å². The van der Waals surface area contributed by atoms with Crippen molar-refractivity contribution in [2.75, 3.05) is 5.32 Å². The molecule has 1 aromatic heterocycles. The van der Waals surface area contributed by atoms with Crippen molar-refractivity contribution in [3.63, 3.8) is 0 Å². The Balaban J connectivity index is 1.64. The summed E-state index contributed by atoms with van der Waals surface area (Å²) in [6.07, 6.45) is 0. The van der Waals surface area contributed by atoms with Gasteiger partial charge in [0.15, 0.2) is 11.4 Å². The smallest absolute Gasteiger partial charge is 0.408 e. The SMILES string of the molecule is CC(=O)c1cccc(NC(=O)c2ccc3oc(=O)n(Cc4ccc(C)cc4)c3c2)c1. The molecule has 0 spiro atoms. The maximum atomic E-state index is 12.7. The number of rotatable bonds is 5. The van der Waals surface area contributed by atoms with Crippen molar-refractivity contribution in [2.24, 2.45) is 0 Å². The standard InChI is InChI=1S/C24H20N2O4/c1-15-6-8-17(9-7-15)14-26-21-13-19(10-11-22(21)30-24(26)29)23(28)25-20-5-3-4-18(12-20)16(2)27/h3-13H,14H2,1-2H3,(H,25,28). The number of carbonyl (C=O) groups excluding carboxylic acids is 2. The molecule has 0 saturated carbocycles. The van der Waals surface area contributed by atoms with Crippen LogP contribution < -0.4 is 11.1 Å². The average Bonchev–Trinajstić information content (AvgIpc) is 3.04. The third kappa shape index (κ3) is 3.93. The molecule has 0 aliphatic heterocycles. The summed E-state index contributed by atoms with van der Waals surface area (Å²) >= 11 is 0. The Kier molecular flexibility index (Phi) is 5.06. The quantitative estimate of drug-likeness (QED) is 0.503. The van der Waals surface area contributed by atoms with Gasteiger partial charge >= 0.3 is 5.76 Å². The van der Waals surface area contributed by atoms with Gasteiger partial charge in [-0.05, 0) is 49.7 Å². The van der Waals surface area contributed by atoms with E-state index in [-0.39, 0.29) is 11.7 Å². The van der Waals surface area contributed by atoms with Crippen LogP contribution in [-0.2, 0) is 6.54 Å². The van der Waals surface area contributed by atoms with Crippen molar-refractivity contribution in [1.29, 1.82) is 0 Å². The number of hydrogen-bond donors (Lipinski definition) is 1. The van der Waals surface area contributed by atoms with Gasteiger partial charge in [0, 0.05) is 16.8 Å². The molecule has 4 rings (SSSR count). The highest BCUT2D eigenvalue weighted by atomic mass is 16.4. The molecule has 0 aliphatic rings. The van der Waals surface area contributed by atoms with Gasteiger partial charge in [-0.1, -0.05) is 42.0 Å². The van der Waals surface area contributed by atoms with E-state index in [0.29, 0.717) is 34.5 Å². The Morgan fingerprint density at radius 1 is 0.967 bits per heavy atom. The van der Waals surface area contributed by atoms with Gasteiger partial charge in [-0.3, -0.25) is 14.2 Å². The second kappa shape index (κ2) is 7.83. The van der Waals surface area contributed by atoms with Crippen LogP contribution in [-0.4, -0.2) is 16.3 Å². The largest absolute Gasteiger partial charge is 0.420 e. The molecule has 1 heterocycles. The minimum Gasteiger partial charge on any atom is -0.408 e. The fourth-order valence-electron chi connectivity index (χ4n) is 3.25. The van der Waals surface area contributed by atoms with Crippen molar-refractivity contribution in [3.8, 4) is 0 Å². The molecular weight excluding hydrogens is 380 g/mol. The van der Waals surface area contributed by atoms with Gasteiger partial charge in [-0.2, -0.15) is 0 Å². The zero-order chi connectivity index (χ0) is 21.3. The third-order valence-corrected chi connectivity index (χ3v) is 4.92. The van der Waals surface area contributed by atoms with Crippen LogP contribution in [0.15, 0.2) is 75.9 Å². The number of oxazole rings is 1. The monoisotopic (exact) mass is 400 g/mol. The highest BCUT2D eigenvalue weighted by Crippen LogP contribution is 2.19. The fourth-order valence-corrected chi connectivity index (χ4v) is 3.25. The lowest BCUT2D eigenvalue weighted by Crippen LogP contribution is -2.16. The van der Waals surface area contributed by atoms with E-state index in [1.165, 1.54) is 11.5 Å². The van der Waals surface area contributed by atoms with Crippen molar-refractivity contribution in [3.05, 3.63) is 99.5 Å². The average molecular weight is 400 g/mol. The van der Waals surface area contributed by atoms with Crippen LogP contribution >= 0.6 is 0 Å². The van der Waals surface area contributed by atoms with E-state index in [1.807, 2.05) is 31.2 Å². The van der Waals surface area contributed by atoms with Crippen LogP contribution in [0.25, 0.3) is 11.1 Å². The predicted molar refractivity (Wildman–Crippen MR) is 115 cm³/mol. The number of amides is 1. The third-order valence-electron chi connectivity index (χ3n) is 4.92. The molecule has 30 heavy (non-hydrogen) atoms. The Morgan fingerprint density at radius 2 is 1.73 bits per heavy atom. The summed E-state index contributed by atoms with van der Waals surface area (Å²) in [5, 5.41) is 2.79. The van der Waals surface area contributed by atoms with Crippen LogP contribution in [0, 0.1) is 6.92 Å². The summed E-state index contributed by atoms with van der Waals surface area (Å²) in [6.45, 7) is 3.82. The molecule has 1 amide bonds. The lowest BCUT2D eigenvalue weighted by Gasteiger charge is -2.07. The first-order chi connectivity index (χ1) is 14.4. The van der Waals surface area contributed by atoms with E-state index >= 15 is 0 Å². The van der Waals surface area contributed by atoms with Crippen LogP contribution in [0.5, 0.6) is 0 Å². The molecule has 6 nitrogen and oxygen atoms in total. The summed E-state index contributed by atoms with van der Waals surface area (Å²) in [6, 6.07) is 19.5. The van der Waals surface area contributed by atoms with E-state index in [1.54, 1.807) is 42.5 Å². The van der Waals surface area contributed by atoms with E-state index < -0.39 is 5.76 Å². The van der Waals surface area contributed by atoms with Gasteiger partial charge < -0.3 is 9.73 Å². The summed E-state index contributed by atoms with van der Waals surface area (Å²) in [5.41, 5.74) is 4.49. The highest BCUT2D eigenvalue weighted by molar-refractivity contribution is 6.06. The van der Waals surface area contributed by atoms with Gasteiger partial charge in [-0.15, -0.1) is 0 Å². The van der Waals surface area contributed by atoms with Gasteiger partial charge in [-0.25, -0.2) is 4.79 Å². The van der Waals surface area contributed by atoms with Gasteiger partial charge in [0.1, 0.15) is 0 Å². The molecule has 0 saturated heterocycles. The summed E-state index contributed by atoms with van der Waals surface area (Å²) in [5.74, 6) is -0.892. The molecule has 0 radical (unpaired) electrons. The van der Waals surface area contributed by atoms with Gasteiger partial charge in [0.25, 0.3) is 5.91 Å². The van der Waals surface area contributed by atoms with Gasteiger partial charge in [0.2, 0.25) is 0 Å². The Hall–Kier alpha value is -3.93. The number of carbonyl (C=O) groups is 2. The number of aromatic nitrogens is 1. The fraction of sp³-hybridized carbons (Fsp3) is 0.125. The Bertz CT molecular complexity index is 1310. The molecule has 1 N–H and O–H groups in total. The first kappa shape index (κ1) is 19.4. The number of hydrogen-bond acceptors (Lipinski definition) is 4. The number of nitrogens with one attached hydrogen (secondary N) is 1. The van der Waals surface area contributed by atoms with Gasteiger partial charge in [0.05, 0.1) is 12.1 Å². The van der Waals surface area contributed by atoms with Crippen LogP contribution in [0.3, 0.4) is 0 Å². The number of Topliss-reactive ketones (excluding diaryl/α,β-unsaturated/α-hetero) is 1. The zero-order valence-electron chi connectivity index (χ0n) is 16.6. The summed E-state index contributed by atoms with van der Waals surface area (Å²) < 4.78 is 6.84. The molecule has 150 valence electrons. The second-order valence-electron chi connectivity index (χ2n) is 7.21. The molecular formula is C24H20N2O4. The minimum absolute atomic E-state index is 0.0777. The van der Waals surface area contributed by atoms with Crippen molar-refractivity contribution < 1.29 is 14.0 Å².